The van der Waals surface area contributed by atoms with Gasteiger partial charge in [0.1, 0.15) is 0 Å². The molecule has 0 aliphatic heterocycles. The number of aryl methyl sites for hydroxylation is 2. The molecule has 0 saturated carbocycles. The second-order valence-electron chi connectivity index (χ2n) is 7.39. The molecule has 0 spiro atoms. The lowest BCUT2D eigenvalue weighted by atomic mass is 10.1. The van der Waals surface area contributed by atoms with E-state index in [0.29, 0.717) is 29.8 Å². The number of benzene rings is 2. The van der Waals surface area contributed by atoms with Crippen LogP contribution in [-0.2, 0) is 10.0 Å². The molecule has 29 heavy (non-hydrogen) atoms. The molecule has 6 nitrogen and oxygen atoms in total. The summed E-state index contributed by atoms with van der Waals surface area (Å²) in [6.07, 6.45) is 0. The summed E-state index contributed by atoms with van der Waals surface area (Å²) in [6.45, 7) is 8.56. The van der Waals surface area contributed by atoms with Crippen LogP contribution in [0.3, 0.4) is 0 Å². The first kappa shape index (κ1) is 20.8. The molecule has 0 saturated heterocycles. The third-order valence-corrected chi connectivity index (χ3v) is 5.81. The van der Waals surface area contributed by atoms with Gasteiger partial charge in [-0.25, -0.2) is 8.42 Å². The number of anilines is 1. The molecule has 0 unspecified atom stereocenters. The number of ether oxygens (including phenoxy) is 1. The maximum Gasteiger partial charge on any atom is 0.261 e. The van der Waals surface area contributed by atoms with Gasteiger partial charge in [-0.05, 0) is 61.2 Å². The number of hydrogen-bond acceptors (Lipinski definition) is 5. The van der Waals surface area contributed by atoms with Crippen molar-refractivity contribution in [3.8, 4) is 17.1 Å². The zero-order chi connectivity index (χ0) is 21.0. The van der Waals surface area contributed by atoms with Crippen molar-refractivity contribution in [2.24, 2.45) is 5.92 Å². The summed E-state index contributed by atoms with van der Waals surface area (Å²) in [7, 11) is -3.64. The van der Waals surface area contributed by atoms with Crippen molar-refractivity contribution < 1.29 is 13.2 Å². The van der Waals surface area contributed by atoms with Crippen LogP contribution in [0.15, 0.2) is 59.5 Å². The van der Waals surface area contributed by atoms with Crippen molar-refractivity contribution in [1.82, 2.24) is 10.2 Å². The molecule has 0 fully saturated rings. The zero-order valence-corrected chi connectivity index (χ0v) is 17.8. The van der Waals surface area contributed by atoms with E-state index < -0.39 is 10.0 Å². The third kappa shape index (κ3) is 5.32. The standard InChI is InChI=1S/C22H25N3O3S/c1-15(2)14-28-22-12-11-21(23-24-22)18-6-8-19(9-7-18)25-29(26,27)20-10-5-16(3)17(4)13-20/h5-13,15,25H,14H2,1-4H3. The summed E-state index contributed by atoms with van der Waals surface area (Å²) in [5, 5.41) is 8.26. The van der Waals surface area contributed by atoms with E-state index in [2.05, 4.69) is 28.8 Å². The van der Waals surface area contributed by atoms with Crippen LogP contribution < -0.4 is 9.46 Å². The second-order valence-corrected chi connectivity index (χ2v) is 9.07. The minimum atomic E-state index is -3.64. The average molecular weight is 412 g/mol. The van der Waals surface area contributed by atoms with E-state index >= 15 is 0 Å². The lowest BCUT2D eigenvalue weighted by molar-refractivity contribution is 0.258. The first-order valence-corrected chi connectivity index (χ1v) is 10.9. The zero-order valence-electron chi connectivity index (χ0n) is 17.0. The quantitative estimate of drug-likeness (QED) is 0.615. The highest BCUT2D eigenvalue weighted by Gasteiger charge is 2.15. The predicted octanol–water partition coefficient (Wildman–Crippen LogP) is 4.60. The fraction of sp³-hybridized carbons (Fsp3) is 0.273. The Labute approximate surface area is 172 Å². The maximum atomic E-state index is 12.6. The van der Waals surface area contributed by atoms with Crippen LogP contribution in [0, 0.1) is 19.8 Å². The smallest absolute Gasteiger partial charge is 0.261 e. The molecule has 0 aliphatic rings. The number of aromatic nitrogens is 2. The number of nitrogens with one attached hydrogen (secondary N) is 1. The Balaban J connectivity index is 1.72. The van der Waals surface area contributed by atoms with Gasteiger partial charge in [0.2, 0.25) is 5.88 Å². The van der Waals surface area contributed by atoms with Gasteiger partial charge < -0.3 is 4.74 Å². The Morgan fingerprint density at radius 1 is 0.931 bits per heavy atom. The Morgan fingerprint density at radius 2 is 1.66 bits per heavy atom. The van der Waals surface area contributed by atoms with Crippen LogP contribution in [0.1, 0.15) is 25.0 Å². The van der Waals surface area contributed by atoms with Gasteiger partial charge in [-0.15, -0.1) is 10.2 Å². The number of sulfonamides is 1. The first-order valence-electron chi connectivity index (χ1n) is 9.41. The molecule has 3 rings (SSSR count). The fourth-order valence-electron chi connectivity index (χ4n) is 2.61. The summed E-state index contributed by atoms with van der Waals surface area (Å²) in [5.74, 6) is 0.900. The van der Waals surface area contributed by atoms with Crippen LogP contribution in [0.25, 0.3) is 11.3 Å². The van der Waals surface area contributed by atoms with E-state index in [0.717, 1.165) is 16.7 Å². The van der Waals surface area contributed by atoms with Gasteiger partial charge in [-0.3, -0.25) is 4.72 Å². The van der Waals surface area contributed by atoms with E-state index in [1.54, 1.807) is 48.5 Å². The maximum absolute atomic E-state index is 12.6. The van der Waals surface area contributed by atoms with Gasteiger partial charge >= 0.3 is 0 Å². The Bertz CT molecular complexity index is 1080. The van der Waals surface area contributed by atoms with Gasteiger partial charge in [-0.1, -0.05) is 32.0 Å². The highest BCUT2D eigenvalue weighted by Crippen LogP contribution is 2.23. The van der Waals surface area contributed by atoms with Gasteiger partial charge in [0.05, 0.1) is 17.2 Å². The van der Waals surface area contributed by atoms with Crippen molar-refractivity contribution >= 4 is 15.7 Å². The summed E-state index contributed by atoms with van der Waals surface area (Å²) in [5.41, 5.74) is 3.99. The average Bonchev–Trinajstić information content (AvgIpc) is 2.69. The minimum absolute atomic E-state index is 0.243. The summed E-state index contributed by atoms with van der Waals surface area (Å²) in [6, 6.07) is 15.7. The Morgan fingerprint density at radius 3 is 2.24 bits per heavy atom. The van der Waals surface area contributed by atoms with Crippen molar-refractivity contribution in [1.29, 1.82) is 0 Å². The van der Waals surface area contributed by atoms with Crippen LogP contribution in [-0.4, -0.2) is 25.2 Å². The van der Waals surface area contributed by atoms with Crippen LogP contribution >= 0.6 is 0 Å². The summed E-state index contributed by atoms with van der Waals surface area (Å²) in [4.78, 5) is 0.243. The number of nitrogens with zero attached hydrogens (tertiary/aromatic N) is 2. The molecule has 1 aromatic heterocycles. The summed E-state index contributed by atoms with van der Waals surface area (Å²) >= 11 is 0. The second kappa shape index (κ2) is 8.61. The van der Waals surface area contributed by atoms with E-state index in [9.17, 15) is 8.42 Å². The predicted molar refractivity (Wildman–Crippen MR) is 115 cm³/mol. The topological polar surface area (TPSA) is 81.2 Å². The molecule has 0 aliphatic carbocycles. The molecule has 2 aromatic carbocycles. The highest BCUT2D eigenvalue weighted by molar-refractivity contribution is 7.92. The van der Waals surface area contributed by atoms with Crippen molar-refractivity contribution in [2.45, 2.75) is 32.6 Å². The first-order chi connectivity index (χ1) is 13.7. The fourth-order valence-corrected chi connectivity index (χ4v) is 3.75. The minimum Gasteiger partial charge on any atom is -0.476 e. The summed E-state index contributed by atoms with van der Waals surface area (Å²) < 4.78 is 33.4. The molecule has 0 radical (unpaired) electrons. The molecule has 152 valence electrons. The highest BCUT2D eigenvalue weighted by atomic mass is 32.2. The van der Waals surface area contributed by atoms with Crippen LogP contribution in [0.2, 0.25) is 0 Å². The van der Waals surface area contributed by atoms with Crippen molar-refractivity contribution in [3.63, 3.8) is 0 Å². The van der Waals surface area contributed by atoms with Crippen LogP contribution in [0.4, 0.5) is 5.69 Å². The van der Waals surface area contributed by atoms with Gasteiger partial charge in [0, 0.05) is 17.3 Å². The van der Waals surface area contributed by atoms with Gasteiger partial charge in [0.25, 0.3) is 10.0 Å². The Kier molecular flexibility index (Phi) is 6.17. The monoisotopic (exact) mass is 411 g/mol. The molecular formula is C22H25N3O3S. The third-order valence-electron chi connectivity index (χ3n) is 4.43. The Hall–Kier alpha value is -2.93. The largest absolute Gasteiger partial charge is 0.476 e. The molecule has 1 heterocycles. The lowest BCUT2D eigenvalue weighted by Gasteiger charge is -2.10. The van der Waals surface area contributed by atoms with E-state index in [-0.39, 0.29) is 4.90 Å². The molecule has 7 heteroatoms. The molecular weight excluding hydrogens is 386 g/mol. The van der Waals surface area contributed by atoms with Crippen LogP contribution in [0.5, 0.6) is 5.88 Å². The molecule has 3 aromatic rings. The van der Waals surface area contributed by atoms with E-state index in [4.69, 9.17) is 4.74 Å². The van der Waals surface area contributed by atoms with Crippen molar-refractivity contribution in [3.05, 3.63) is 65.7 Å². The molecule has 0 bridgehead atoms. The number of rotatable bonds is 7. The van der Waals surface area contributed by atoms with Gasteiger partial charge in [0.15, 0.2) is 0 Å². The molecule has 1 N–H and O–H groups in total. The SMILES string of the molecule is Cc1ccc(S(=O)(=O)Nc2ccc(-c3ccc(OCC(C)C)nn3)cc2)cc1C. The van der Waals surface area contributed by atoms with E-state index in [1.807, 2.05) is 19.9 Å². The molecule has 0 atom stereocenters. The van der Waals surface area contributed by atoms with Crippen molar-refractivity contribution in [2.75, 3.05) is 11.3 Å². The number of hydrogen-bond donors (Lipinski definition) is 1. The molecule has 0 amide bonds. The van der Waals surface area contributed by atoms with E-state index in [1.165, 1.54) is 0 Å². The normalized spacial score (nSPS) is 11.5. The lowest BCUT2D eigenvalue weighted by Crippen LogP contribution is -2.13. The van der Waals surface area contributed by atoms with Gasteiger partial charge in [-0.2, -0.15) is 0 Å².